The monoisotopic (exact) mass is 256 g/mol. The van der Waals surface area contributed by atoms with E-state index in [-0.39, 0.29) is 19.8 Å². The molecule has 0 aromatic heterocycles. The van der Waals surface area contributed by atoms with Crippen LogP contribution in [-0.2, 0) is 13.6 Å². The van der Waals surface area contributed by atoms with Crippen LogP contribution in [0.25, 0.3) is 0 Å². The van der Waals surface area contributed by atoms with Gasteiger partial charge >= 0.3 is 7.82 Å². The first kappa shape index (κ1) is 16.0. The highest BCUT2D eigenvalue weighted by Gasteiger charge is 2.20. The van der Waals surface area contributed by atoms with E-state index in [4.69, 9.17) is 14.5 Å². The minimum atomic E-state index is -3.85. The molecule has 0 radical (unpaired) electrons. The maximum atomic E-state index is 11.1. The molecule has 0 saturated heterocycles. The van der Waals surface area contributed by atoms with Crippen LogP contribution in [0.1, 0.15) is 13.3 Å². The van der Waals surface area contributed by atoms with E-state index >= 15 is 0 Å². The van der Waals surface area contributed by atoms with Gasteiger partial charge in [-0.25, -0.2) is 4.57 Å². The second-order valence-corrected chi connectivity index (χ2v) is 5.63. The SMILES string of the molecule is CCOP(=O)(O)OCCC[N+](C)(C)CCO. The van der Waals surface area contributed by atoms with Crippen LogP contribution in [0.3, 0.4) is 0 Å². The van der Waals surface area contributed by atoms with Gasteiger partial charge in [0, 0.05) is 6.42 Å². The van der Waals surface area contributed by atoms with E-state index in [0.717, 1.165) is 6.54 Å². The first-order valence-electron chi connectivity index (χ1n) is 5.38. The van der Waals surface area contributed by atoms with Crippen molar-refractivity contribution < 1.29 is 28.1 Å². The van der Waals surface area contributed by atoms with Gasteiger partial charge in [0.1, 0.15) is 6.54 Å². The van der Waals surface area contributed by atoms with Gasteiger partial charge in [-0.2, -0.15) is 0 Å². The van der Waals surface area contributed by atoms with Gasteiger partial charge in [0.15, 0.2) is 0 Å². The van der Waals surface area contributed by atoms with Gasteiger partial charge in [0.2, 0.25) is 0 Å². The van der Waals surface area contributed by atoms with Crippen LogP contribution in [0.4, 0.5) is 0 Å². The van der Waals surface area contributed by atoms with Crippen molar-refractivity contribution in [1.29, 1.82) is 0 Å². The van der Waals surface area contributed by atoms with E-state index in [1.807, 2.05) is 14.1 Å². The van der Waals surface area contributed by atoms with Crippen molar-refractivity contribution in [3.05, 3.63) is 0 Å². The fourth-order valence-electron chi connectivity index (χ4n) is 1.26. The number of rotatable bonds is 9. The van der Waals surface area contributed by atoms with Crippen molar-refractivity contribution in [1.82, 2.24) is 0 Å². The number of hydrogen-bond donors (Lipinski definition) is 2. The summed E-state index contributed by atoms with van der Waals surface area (Å²) in [5.41, 5.74) is 0. The smallest absolute Gasteiger partial charge is 0.391 e. The molecular formula is C9H23NO5P+. The largest absolute Gasteiger partial charge is 0.472 e. The van der Waals surface area contributed by atoms with Crippen molar-refractivity contribution in [2.75, 3.05) is 47.0 Å². The summed E-state index contributed by atoms with van der Waals surface area (Å²) in [6.07, 6.45) is 0.643. The summed E-state index contributed by atoms with van der Waals surface area (Å²) < 4.78 is 21.1. The molecular weight excluding hydrogens is 233 g/mol. The fourth-order valence-corrected chi connectivity index (χ4v) is 2.02. The lowest BCUT2D eigenvalue weighted by atomic mass is 10.3. The number of nitrogens with zero attached hydrogens (tertiary/aromatic N) is 1. The quantitative estimate of drug-likeness (QED) is 0.359. The lowest BCUT2D eigenvalue weighted by molar-refractivity contribution is -0.890. The molecule has 16 heavy (non-hydrogen) atoms. The maximum Gasteiger partial charge on any atom is 0.472 e. The summed E-state index contributed by atoms with van der Waals surface area (Å²) in [5.74, 6) is 0. The molecule has 0 saturated carbocycles. The van der Waals surface area contributed by atoms with E-state index in [0.29, 0.717) is 17.4 Å². The molecule has 0 spiro atoms. The van der Waals surface area contributed by atoms with Crippen LogP contribution >= 0.6 is 7.82 Å². The maximum absolute atomic E-state index is 11.1. The predicted octanol–water partition coefficient (Wildman–Crippen LogP) is 0.599. The van der Waals surface area contributed by atoms with Gasteiger partial charge in [0.25, 0.3) is 0 Å². The molecule has 0 aromatic rings. The predicted molar refractivity (Wildman–Crippen MR) is 60.9 cm³/mol. The number of phosphoric ester groups is 1. The third-order valence-corrected chi connectivity index (χ3v) is 3.25. The number of likely N-dealkylation sites (N-methyl/N-ethyl adjacent to an activating group) is 1. The Kier molecular flexibility index (Phi) is 7.39. The average molecular weight is 256 g/mol. The Balaban J connectivity index is 3.71. The average Bonchev–Trinajstić information content (AvgIpc) is 2.12. The van der Waals surface area contributed by atoms with Crippen molar-refractivity contribution in [3.63, 3.8) is 0 Å². The van der Waals surface area contributed by atoms with Crippen LogP contribution in [0, 0.1) is 0 Å². The van der Waals surface area contributed by atoms with Gasteiger partial charge in [-0.1, -0.05) is 0 Å². The Morgan fingerprint density at radius 2 is 1.88 bits per heavy atom. The second-order valence-electron chi connectivity index (χ2n) is 4.18. The van der Waals surface area contributed by atoms with E-state index in [1.54, 1.807) is 6.92 Å². The number of quaternary nitrogens is 1. The molecule has 1 unspecified atom stereocenters. The minimum absolute atomic E-state index is 0.130. The first-order valence-corrected chi connectivity index (χ1v) is 6.87. The molecule has 0 rings (SSSR count). The van der Waals surface area contributed by atoms with Gasteiger partial charge in [-0.3, -0.25) is 9.05 Å². The van der Waals surface area contributed by atoms with Crippen LogP contribution in [0.2, 0.25) is 0 Å². The van der Waals surface area contributed by atoms with Crippen molar-refractivity contribution in [2.45, 2.75) is 13.3 Å². The lowest BCUT2D eigenvalue weighted by Gasteiger charge is -2.28. The highest BCUT2D eigenvalue weighted by molar-refractivity contribution is 7.47. The molecule has 0 fully saturated rings. The molecule has 0 heterocycles. The fraction of sp³-hybridized carbons (Fsp3) is 1.00. The number of hydrogen-bond acceptors (Lipinski definition) is 4. The zero-order valence-corrected chi connectivity index (χ0v) is 11.2. The molecule has 1 atom stereocenters. The third-order valence-electron chi connectivity index (χ3n) is 2.16. The third kappa shape index (κ3) is 8.21. The Morgan fingerprint density at radius 3 is 2.38 bits per heavy atom. The highest BCUT2D eigenvalue weighted by atomic mass is 31.2. The molecule has 6 nitrogen and oxygen atoms in total. The summed E-state index contributed by atoms with van der Waals surface area (Å²) in [6.45, 7) is 3.52. The van der Waals surface area contributed by atoms with Gasteiger partial charge in [-0.05, 0) is 6.92 Å². The topological polar surface area (TPSA) is 76.0 Å². The van der Waals surface area contributed by atoms with E-state index in [2.05, 4.69) is 4.52 Å². The summed E-state index contributed by atoms with van der Waals surface area (Å²) in [5, 5.41) is 8.81. The van der Waals surface area contributed by atoms with Crippen molar-refractivity contribution >= 4 is 7.82 Å². The normalized spacial score (nSPS) is 16.1. The van der Waals surface area contributed by atoms with Crippen LogP contribution in [0.15, 0.2) is 0 Å². The number of aliphatic hydroxyl groups is 1. The summed E-state index contributed by atoms with van der Waals surface area (Å²) >= 11 is 0. The number of phosphoric acid groups is 1. The molecule has 0 aliphatic carbocycles. The first-order chi connectivity index (χ1) is 7.33. The van der Waals surface area contributed by atoms with Gasteiger partial charge < -0.3 is 14.5 Å². The summed E-state index contributed by atoms with van der Waals surface area (Å²) in [7, 11) is 0.121. The Bertz CT molecular complexity index is 234. The van der Waals surface area contributed by atoms with E-state index in [1.165, 1.54) is 0 Å². The minimum Gasteiger partial charge on any atom is -0.391 e. The zero-order chi connectivity index (χ0) is 12.7. The lowest BCUT2D eigenvalue weighted by Crippen LogP contribution is -2.43. The molecule has 0 amide bonds. The number of aliphatic hydroxyl groups excluding tert-OH is 1. The van der Waals surface area contributed by atoms with Crippen LogP contribution in [0.5, 0.6) is 0 Å². The van der Waals surface area contributed by atoms with Crippen molar-refractivity contribution in [2.24, 2.45) is 0 Å². The molecule has 2 N–H and O–H groups in total. The Morgan fingerprint density at radius 1 is 1.25 bits per heavy atom. The van der Waals surface area contributed by atoms with E-state index < -0.39 is 7.82 Å². The molecule has 98 valence electrons. The standard InChI is InChI=1S/C9H22NO5P/c1-4-14-16(12,13)15-9-5-6-10(2,3)7-8-11/h11H,4-9H2,1-3H3/p+1. The van der Waals surface area contributed by atoms with Gasteiger partial charge in [0.05, 0.1) is 40.5 Å². The zero-order valence-electron chi connectivity index (χ0n) is 10.3. The van der Waals surface area contributed by atoms with Gasteiger partial charge in [-0.15, -0.1) is 0 Å². The van der Waals surface area contributed by atoms with Crippen LogP contribution in [-0.4, -0.2) is 61.5 Å². The Labute approximate surface area is 97.0 Å². The van der Waals surface area contributed by atoms with Crippen molar-refractivity contribution in [3.8, 4) is 0 Å². The molecule has 7 heteroatoms. The van der Waals surface area contributed by atoms with Crippen LogP contribution < -0.4 is 0 Å². The molecule has 0 aliphatic rings. The molecule has 0 aliphatic heterocycles. The van der Waals surface area contributed by atoms with E-state index in [9.17, 15) is 4.57 Å². The molecule has 0 bridgehead atoms. The Hall–Kier alpha value is 0.0300. The molecule has 0 aromatic carbocycles. The second kappa shape index (κ2) is 7.37. The summed E-state index contributed by atoms with van der Waals surface area (Å²) in [4.78, 5) is 9.11. The summed E-state index contributed by atoms with van der Waals surface area (Å²) in [6, 6.07) is 0. The highest BCUT2D eigenvalue weighted by Crippen LogP contribution is 2.42.